The molecule has 0 spiro atoms. The molecule has 0 aromatic heterocycles. The highest BCUT2D eigenvalue weighted by atomic mass is 35.5. The number of ether oxygens (including phenoxy) is 1. The molecule has 0 fully saturated rings. The molecule has 4 nitrogen and oxygen atoms in total. The van der Waals surface area contributed by atoms with Crippen LogP contribution in [0.15, 0.2) is 59.5 Å². The summed E-state index contributed by atoms with van der Waals surface area (Å²) < 4.78 is 5.01. The molecule has 138 valence electrons. The number of halogens is 1. The van der Waals surface area contributed by atoms with Crippen LogP contribution in [-0.4, -0.2) is 30.3 Å². The number of rotatable bonds is 9. The SMILES string of the molecule is CC(CCc1ccccc1)NC(=O)COC(=O)CSc1ccccc1Cl. The van der Waals surface area contributed by atoms with Crippen molar-refractivity contribution in [2.75, 3.05) is 12.4 Å². The van der Waals surface area contributed by atoms with E-state index in [-0.39, 0.29) is 24.3 Å². The molecule has 0 saturated heterocycles. The lowest BCUT2D eigenvalue weighted by atomic mass is 10.1. The van der Waals surface area contributed by atoms with Gasteiger partial charge in [0.15, 0.2) is 6.61 Å². The van der Waals surface area contributed by atoms with Crippen LogP contribution in [0.25, 0.3) is 0 Å². The molecule has 2 aromatic carbocycles. The maximum absolute atomic E-state index is 11.9. The van der Waals surface area contributed by atoms with Gasteiger partial charge in [0.05, 0.1) is 10.8 Å². The van der Waals surface area contributed by atoms with Crippen LogP contribution in [0.1, 0.15) is 18.9 Å². The lowest BCUT2D eigenvalue weighted by molar-refractivity contribution is -0.146. The van der Waals surface area contributed by atoms with Crippen LogP contribution in [0.5, 0.6) is 0 Å². The first-order valence-corrected chi connectivity index (χ1v) is 9.77. The van der Waals surface area contributed by atoms with Gasteiger partial charge in [0.25, 0.3) is 5.91 Å². The van der Waals surface area contributed by atoms with E-state index in [4.69, 9.17) is 16.3 Å². The van der Waals surface area contributed by atoms with Crippen molar-refractivity contribution >= 4 is 35.2 Å². The zero-order valence-electron chi connectivity index (χ0n) is 14.6. The van der Waals surface area contributed by atoms with Crippen molar-refractivity contribution in [2.45, 2.75) is 30.7 Å². The summed E-state index contributed by atoms with van der Waals surface area (Å²) >= 11 is 7.32. The van der Waals surface area contributed by atoms with Crippen LogP contribution < -0.4 is 5.32 Å². The molecule has 6 heteroatoms. The molecule has 1 atom stereocenters. The second-order valence-corrected chi connectivity index (χ2v) is 7.30. The summed E-state index contributed by atoms with van der Waals surface area (Å²) in [5, 5.41) is 3.44. The largest absolute Gasteiger partial charge is 0.455 e. The second-order valence-electron chi connectivity index (χ2n) is 5.87. The van der Waals surface area contributed by atoms with E-state index in [9.17, 15) is 9.59 Å². The molecule has 1 unspecified atom stereocenters. The molecule has 0 saturated carbocycles. The number of hydrogen-bond donors (Lipinski definition) is 1. The number of hydrogen-bond acceptors (Lipinski definition) is 4. The van der Waals surface area contributed by atoms with Crippen LogP contribution in [-0.2, 0) is 20.7 Å². The molecule has 0 aliphatic heterocycles. The van der Waals surface area contributed by atoms with Crippen molar-refractivity contribution in [3.8, 4) is 0 Å². The van der Waals surface area contributed by atoms with Gasteiger partial charge in [-0.05, 0) is 37.5 Å². The van der Waals surface area contributed by atoms with Gasteiger partial charge in [-0.3, -0.25) is 9.59 Å². The van der Waals surface area contributed by atoms with Crippen LogP contribution >= 0.6 is 23.4 Å². The number of aryl methyl sites for hydroxylation is 1. The van der Waals surface area contributed by atoms with Crippen molar-refractivity contribution in [2.24, 2.45) is 0 Å². The number of carbonyl (C=O) groups excluding carboxylic acids is 2. The number of esters is 1. The molecule has 1 amide bonds. The highest BCUT2D eigenvalue weighted by molar-refractivity contribution is 8.00. The lowest BCUT2D eigenvalue weighted by Gasteiger charge is -2.14. The normalized spacial score (nSPS) is 11.6. The predicted molar refractivity (Wildman–Crippen MR) is 106 cm³/mol. The Balaban J connectivity index is 1.63. The predicted octanol–water partition coefficient (Wildman–Crippen LogP) is 4.11. The highest BCUT2D eigenvalue weighted by Gasteiger charge is 2.11. The molecule has 1 N–H and O–H groups in total. The minimum atomic E-state index is -0.443. The first-order chi connectivity index (χ1) is 12.5. The van der Waals surface area contributed by atoms with Gasteiger partial charge in [-0.15, -0.1) is 11.8 Å². The van der Waals surface area contributed by atoms with E-state index in [1.54, 1.807) is 6.07 Å². The fourth-order valence-electron chi connectivity index (χ4n) is 2.30. The van der Waals surface area contributed by atoms with Crippen LogP contribution in [0, 0.1) is 0 Å². The quantitative estimate of drug-likeness (QED) is 0.516. The summed E-state index contributed by atoms with van der Waals surface area (Å²) in [6.45, 7) is 1.67. The maximum Gasteiger partial charge on any atom is 0.316 e. The van der Waals surface area contributed by atoms with Crippen LogP contribution in [0.4, 0.5) is 0 Å². The standard InChI is InChI=1S/C20H22ClNO3S/c1-15(11-12-16-7-3-2-4-8-16)22-19(23)13-25-20(24)14-26-18-10-6-5-9-17(18)21/h2-10,15H,11-14H2,1H3,(H,22,23). The van der Waals surface area contributed by atoms with E-state index < -0.39 is 5.97 Å². The summed E-state index contributed by atoms with van der Waals surface area (Å²) in [4.78, 5) is 24.5. The van der Waals surface area contributed by atoms with E-state index in [0.29, 0.717) is 5.02 Å². The van der Waals surface area contributed by atoms with Gasteiger partial charge >= 0.3 is 5.97 Å². The zero-order valence-corrected chi connectivity index (χ0v) is 16.2. The van der Waals surface area contributed by atoms with E-state index in [1.165, 1.54) is 17.3 Å². The van der Waals surface area contributed by atoms with Gasteiger partial charge in [-0.1, -0.05) is 54.1 Å². The van der Waals surface area contributed by atoms with Gasteiger partial charge in [0.2, 0.25) is 0 Å². The number of nitrogens with one attached hydrogen (secondary N) is 1. The van der Waals surface area contributed by atoms with Crippen molar-refractivity contribution in [3.63, 3.8) is 0 Å². The van der Waals surface area contributed by atoms with Crippen molar-refractivity contribution in [1.29, 1.82) is 0 Å². The van der Waals surface area contributed by atoms with Gasteiger partial charge in [-0.25, -0.2) is 0 Å². The Bertz CT molecular complexity index is 724. The number of carbonyl (C=O) groups is 2. The smallest absolute Gasteiger partial charge is 0.316 e. The molecule has 2 rings (SSSR count). The average Bonchev–Trinajstić information content (AvgIpc) is 2.65. The lowest BCUT2D eigenvalue weighted by Crippen LogP contribution is -2.36. The Morgan fingerprint density at radius 3 is 2.54 bits per heavy atom. The summed E-state index contributed by atoms with van der Waals surface area (Å²) in [5.41, 5.74) is 1.23. The number of thioether (sulfide) groups is 1. The van der Waals surface area contributed by atoms with Crippen LogP contribution in [0.3, 0.4) is 0 Å². The van der Waals surface area contributed by atoms with Crippen LogP contribution in [0.2, 0.25) is 5.02 Å². The molecule has 0 bridgehead atoms. The van der Waals surface area contributed by atoms with Gasteiger partial charge in [-0.2, -0.15) is 0 Å². The van der Waals surface area contributed by atoms with E-state index in [0.717, 1.165) is 17.7 Å². The Hall–Kier alpha value is -1.98. The van der Waals surface area contributed by atoms with Crippen molar-refractivity contribution < 1.29 is 14.3 Å². The van der Waals surface area contributed by atoms with Gasteiger partial charge in [0.1, 0.15) is 0 Å². The number of amides is 1. The molecular weight excluding hydrogens is 370 g/mol. The highest BCUT2D eigenvalue weighted by Crippen LogP contribution is 2.26. The molecule has 26 heavy (non-hydrogen) atoms. The Kier molecular flexibility index (Phi) is 8.51. The molecule has 2 aromatic rings. The van der Waals surface area contributed by atoms with Crippen molar-refractivity contribution in [3.05, 3.63) is 65.2 Å². The topological polar surface area (TPSA) is 55.4 Å². The third kappa shape index (κ3) is 7.50. The number of benzene rings is 2. The molecule has 0 aliphatic rings. The third-order valence-corrected chi connectivity index (χ3v) is 5.15. The first-order valence-electron chi connectivity index (χ1n) is 8.41. The minimum Gasteiger partial charge on any atom is -0.455 e. The Morgan fingerprint density at radius 1 is 1.12 bits per heavy atom. The fourth-order valence-corrected chi connectivity index (χ4v) is 3.34. The van der Waals surface area contributed by atoms with E-state index >= 15 is 0 Å². The molecule has 0 aliphatic carbocycles. The Morgan fingerprint density at radius 2 is 1.81 bits per heavy atom. The van der Waals surface area contributed by atoms with Gasteiger partial charge < -0.3 is 10.1 Å². The zero-order chi connectivity index (χ0) is 18.8. The molecule has 0 heterocycles. The summed E-state index contributed by atoms with van der Waals surface area (Å²) in [7, 11) is 0. The summed E-state index contributed by atoms with van der Waals surface area (Å²) in [6, 6.07) is 17.4. The summed E-state index contributed by atoms with van der Waals surface area (Å²) in [6.07, 6.45) is 1.71. The molecule has 0 radical (unpaired) electrons. The van der Waals surface area contributed by atoms with E-state index in [1.807, 2.05) is 43.3 Å². The first kappa shape index (κ1) is 20.3. The fraction of sp³-hybridized carbons (Fsp3) is 0.300. The summed E-state index contributed by atoms with van der Waals surface area (Å²) in [5.74, 6) is -0.621. The maximum atomic E-state index is 11.9. The van der Waals surface area contributed by atoms with Crippen molar-refractivity contribution in [1.82, 2.24) is 5.32 Å². The third-order valence-electron chi connectivity index (χ3n) is 3.66. The second kappa shape index (κ2) is 10.9. The average molecular weight is 392 g/mol. The minimum absolute atomic E-state index is 0.0129. The van der Waals surface area contributed by atoms with E-state index in [2.05, 4.69) is 17.4 Å². The Labute approximate surface area is 163 Å². The van der Waals surface area contributed by atoms with Gasteiger partial charge in [0, 0.05) is 10.9 Å². The monoisotopic (exact) mass is 391 g/mol. The molecular formula is C20H22ClNO3S.